The molecule has 1 fully saturated rings. The number of hydrogen-bond donors (Lipinski definition) is 2. The number of ether oxygens (including phenoxy) is 2. The van der Waals surface area contributed by atoms with Gasteiger partial charge in [-0.05, 0) is 0 Å². The van der Waals surface area contributed by atoms with Gasteiger partial charge in [0.1, 0.15) is 23.9 Å². The molecule has 2 rings (SSSR count). The molecule has 0 saturated carbocycles. The highest BCUT2D eigenvalue weighted by Gasteiger charge is 2.28. The van der Waals surface area contributed by atoms with E-state index in [-0.39, 0.29) is 5.75 Å². The molecule has 0 aromatic heterocycles. The molecule has 6 heteroatoms. The molecule has 1 aromatic rings. The number of phenols is 1. The van der Waals surface area contributed by atoms with E-state index in [0.29, 0.717) is 17.1 Å². The van der Waals surface area contributed by atoms with E-state index in [1.165, 1.54) is 26.4 Å². The third kappa shape index (κ3) is 2.96. The van der Waals surface area contributed by atoms with E-state index in [1.807, 2.05) is 0 Å². The largest absolute Gasteiger partial charge is 0.508 e. The third-order valence-electron chi connectivity index (χ3n) is 3.60. The maximum absolute atomic E-state index is 13.6. The fourth-order valence-electron chi connectivity index (χ4n) is 2.60. The second-order valence-electron chi connectivity index (χ2n) is 4.72. The summed E-state index contributed by atoms with van der Waals surface area (Å²) in [5, 5.41) is 12.9. The predicted octanol–water partition coefficient (Wildman–Crippen LogP) is 1.33. The van der Waals surface area contributed by atoms with Crippen molar-refractivity contribution in [3.8, 4) is 17.2 Å². The van der Waals surface area contributed by atoms with Crippen LogP contribution in [0.1, 0.15) is 11.6 Å². The lowest BCUT2D eigenvalue weighted by Crippen LogP contribution is -2.45. The van der Waals surface area contributed by atoms with Crippen LogP contribution in [0.25, 0.3) is 0 Å². The third-order valence-corrected chi connectivity index (χ3v) is 3.60. The molecule has 0 bridgehead atoms. The van der Waals surface area contributed by atoms with Crippen LogP contribution in [0.2, 0.25) is 0 Å². The summed E-state index contributed by atoms with van der Waals surface area (Å²) in [5.41, 5.74) is 0.650. The SMILES string of the molecule is COc1cc(O)cc(OC)c1[C@H](CF)N1CCNCC1. The van der Waals surface area contributed by atoms with Crippen molar-refractivity contribution >= 4 is 0 Å². The molecule has 2 N–H and O–H groups in total. The summed E-state index contributed by atoms with van der Waals surface area (Å²) in [6.07, 6.45) is 0. The highest BCUT2D eigenvalue weighted by molar-refractivity contribution is 5.52. The zero-order valence-electron chi connectivity index (χ0n) is 11.9. The van der Waals surface area contributed by atoms with Crippen molar-refractivity contribution in [1.29, 1.82) is 0 Å². The highest BCUT2D eigenvalue weighted by Crippen LogP contribution is 2.40. The molecule has 0 radical (unpaired) electrons. The minimum Gasteiger partial charge on any atom is -0.508 e. The molecule has 1 atom stereocenters. The number of halogens is 1. The van der Waals surface area contributed by atoms with Crippen molar-refractivity contribution in [2.24, 2.45) is 0 Å². The zero-order valence-corrected chi connectivity index (χ0v) is 11.9. The number of benzene rings is 1. The molecular weight excluding hydrogens is 263 g/mol. The molecule has 0 amide bonds. The molecule has 0 spiro atoms. The first kappa shape index (κ1) is 14.9. The lowest BCUT2D eigenvalue weighted by atomic mass is 10.0. The van der Waals surface area contributed by atoms with E-state index in [0.717, 1.165) is 26.2 Å². The van der Waals surface area contributed by atoms with Crippen molar-refractivity contribution in [2.75, 3.05) is 47.1 Å². The van der Waals surface area contributed by atoms with E-state index in [4.69, 9.17) is 9.47 Å². The van der Waals surface area contributed by atoms with Gasteiger partial charge in [-0.2, -0.15) is 0 Å². The molecular formula is C14H21FN2O3. The first-order chi connectivity index (χ1) is 9.71. The quantitative estimate of drug-likeness (QED) is 0.854. The second kappa shape index (κ2) is 6.76. The van der Waals surface area contributed by atoms with Gasteiger partial charge in [-0.1, -0.05) is 0 Å². The number of piperazine rings is 1. The van der Waals surface area contributed by atoms with E-state index < -0.39 is 12.7 Å². The van der Waals surface area contributed by atoms with Gasteiger partial charge in [0.2, 0.25) is 0 Å². The molecule has 0 aliphatic carbocycles. The maximum atomic E-state index is 13.6. The van der Waals surface area contributed by atoms with E-state index in [1.54, 1.807) is 0 Å². The monoisotopic (exact) mass is 284 g/mol. The van der Waals surface area contributed by atoms with Crippen molar-refractivity contribution < 1.29 is 19.0 Å². The van der Waals surface area contributed by atoms with E-state index in [9.17, 15) is 9.50 Å². The minimum absolute atomic E-state index is 0.0420. The molecule has 1 aromatic carbocycles. The zero-order chi connectivity index (χ0) is 14.5. The van der Waals surface area contributed by atoms with Gasteiger partial charge in [0, 0.05) is 38.3 Å². The summed E-state index contributed by atoms with van der Waals surface area (Å²) in [5.74, 6) is 0.937. The summed E-state index contributed by atoms with van der Waals surface area (Å²) in [7, 11) is 3.01. The van der Waals surface area contributed by atoms with Crippen LogP contribution in [-0.4, -0.2) is 57.1 Å². The van der Waals surface area contributed by atoms with Crippen LogP contribution in [0.15, 0.2) is 12.1 Å². The van der Waals surface area contributed by atoms with Gasteiger partial charge in [0.05, 0.1) is 25.8 Å². The van der Waals surface area contributed by atoms with Crippen LogP contribution in [-0.2, 0) is 0 Å². The average molecular weight is 284 g/mol. The van der Waals surface area contributed by atoms with Crippen LogP contribution < -0.4 is 14.8 Å². The lowest BCUT2D eigenvalue weighted by Gasteiger charge is -2.34. The number of nitrogens with zero attached hydrogens (tertiary/aromatic N) is 1. The fraction of sp³-hybridized carbons (Fsp3) is 0.571. The van der Waals surface area contributed by atoms with Gasteiger partial charge >= 0.3 is 0 Å². The summed E-state index contributed by atoms with van der Waals surface area (Å²) in [6, 6.07) is 2.55. The van der Waals surface area contributed by atoms with Gasteiger partial charge in [-0.3, -0.25) is 4.90 Å². The number of hydrogen-bond acceptors (Lipinski definition) is 5. The van der Waals surface area contributed by atoms with Crippen molar-refractivity contribution in [3.63, 3.8) is 0 Å². The molecule has 1 saturated heterocycles. The summed E-state index contributed by atoms with van der Waals surface area (Å²) in [4.78, 5) is 2.06. The van der Waals surface area contributed by atoms with Gasteiger partial charge in [0.25, 0.3) is 0 Å². The molecule has 1 heterocycles. The van der Waals surface area contributed by atoms with Gasteiger partial charge in [0.15, 0.2) is 0 Å². The summed E-state index contributed by atoms with van der Waals surface area (Å²) in [6.45, 7) is 2.67. The Labute approximate surface area is 118 Å². The summed E-state index contributed by atoms with van der Waals surface area (Å²) < 4.78 is 24.2. The fourth-order valence-corrected chi connectivity index (χ4v) is 2.60. The Balaban J connectivity index is 2.41. The first-order valence-corrected chi connectivity index (χ1v) is 6.66. The number of alkyl halides is 1. The highest BCUT2D eigenvalue weighted by atomic mass is 19.1. The van der Waals surface area contributed by atoms with Gasteiger partial charge in [-0.25, -0.2) is 4.39 Å². The van der Waals surface area contributed by atoms with Crippen LogP contribution in [0.5, 0.6) is 17.2 Å². The molecule has 0 unspecified atom stereocenters. The van der Waals surface area contributed by atoms with Crippen molar-refractivity contribution in [3.05, 3.63) is 17.7 Å². The van der Waals surface area contributed by atoms with Crippen LogP contribution in [0.4, 0.5) is 4.39 Å². The Morgan fingerprint density at radius 3 is 2.25 bits per heavy atom. The maximum Gasteiger partial charge on any atom is 0.131 e. The molecule has 5 nitrogen and oxygen atoms in total. The summed E-state index contributed by atoms with van der Waals surface area (Å²) >= 11 is 0. The van der Waals surface area contributed by atoms with Crippen LogP contribution in [0.3, 0.4) is 0 Å². The first-order valence-electron chi connectivity index (χ1n) is 6.66. The normalized spacial score (nSPS) is 17.8. The second-order valence-corrected chi connectivity index (χ2v) is 4.72. The number of rotatable bonds is 5. The Kier molecular flexibility index (Phi) is 5.03. The number of phenolic OH excluding ortho intramolecular Hbond substituents is 1. The number of nitrogens with one attached hydrogen (secondary N) is 1. The topological polar surface area (TPSA) is 54.0 Å². The van der Waals surface area contributed by atoms with E-state index >= 15 is 0 Å². The Morgan fingerprint density at radius 2 is 1.80 bits per heavy atom. The minimum atomic E-state index is -0.530. The smallest absolute Gasteiger partial charge is 0.131 e. The van der Waals surface area contributed by atoms with E-state index in [2.05, 4.69) is 10.2 Å². The standard InChI is InChI=1S/C14H21FN2O3/c1-19-12-7-10(18)8-13(20-2)14(12)11(9-15)17-5-3-16-4-6-17/h7-8,11,16,18H,3-6,9H2,1-2H3/t11-/m0/s1. The van der Waals surface area contributed by atoms with Crippen LogP contribution >= 0.6 is 0 Å². The Morgan fingerprint density at radius 1 is 1.25 bits per heavy atom. The number of aromatic hydroxyl groups is 1. The predicted molar refractivity (Wildman–Crippen MR) is 74.4 cm³/mol. The van der Waals surface area contributed by atoms with Gasteiger partial charge < -0.3 is 19.9 Å². The Hall–Kier alpha value is -1.53. The number of methoxy groups -OCH3 is 2. The molecule has 1 aliphatic rings. The average Bonchev–Trinajstić information content (AvgIpc) is 2.49. The molecule has 112 valence electrons. The van der Waals surface area contributed by atoms with Crippen LogP contribution in [0, 0.1) is 0 Å². The molecule has 1 aliphatic heterocycles. The van der Waals surface area contributed by atoms with Crippen molar-refractivity contribution in [1.82, 2.24) is 10.2 Å². The van der Waals surface area contributed by atoms with Gasteiger partial charge in [-0.15, -0.1) is 0 Å². The lowest BCUT2D eigenvalue weighted by molar-refractivity contribution is 0.142. The molecule has 20 heavy (non-hydrogen) atoms. The Bertz CT molecular complexity index is 425. The van der Waals surface area contributed by atoms with Crippen molar-refractivity contribution in [2.45, 2.75) is 6.04 Å².